The lowest BCUT2D eigenvalue weighted by Gasteiger charge is -2.31. The summed E-state index contributed by atoms with van der Waals surface area (Å²) in [5.74, 6) is 0.150. The third-order valence-electron chi connectivity index (χ3n) is 6.29. The standard InChI is InChI=1S/C32H31FN2O4/c1-38-30-15-9-8-12-26(30)21-34-32(37)29(20-24-10-4-2-5-11-24)35(22-25-16-18-27(33)19-17-25)31(36)23-39-28-13-6-3-7-14-28/h2-19,29H,20-23H2,1H3,(H,34,37). The second kappa shape index (κ2) is 13.8. The maximum Gasteiger partial charge on any atom is 0.261 e. The van der Waals surface area contributed by atoms with Crippen molar-refractivity contribution in [2.24, 2.45) is 0 Å². The molecule has 0 aliphatic rings. The molecule has 0 spiro atoms. The predicted molar refractivity (Wildman–Crippen MR) is 148 cm³/mol. The van der Waals surface area contributed by atoms with Crippen LogP contribution in [0.3, 0.4) is 0 Å². The number of rotatable bonds is 12. The van der Waals surface area contributed by atoms with E-state index in [1.54, 1.807) is 31.4 Å². The molecule has 39 heavy (non-hydrogen) atoms. The molecule has 0 radical (unpaired) electrons. The minimum atomic E-state index is -0.848. The smallest absolute Gasteiger partial charge is 0.261 e. The van der Waals surface area contributed by atoms with Crippen LogP contribution in [0.25, 0.3) is 0 Å². The summed E-state index contributed by atoms with van der Waals surface area (Å²) >= 11 is 0. The summed E-state index contributed by atoms with van der Waals surface area (Å²) in [6.07, 6.45) is 0.289. The number of nitrogens with zero attached hydrogens (tertiary/aromatic N) is 1. The maximum absolute atomic E-state index is 13.7. The Morgan fingerprint density at radius 3 is 2.15 bits per heavy atom. The Morgan fingerprint density at radius 1 is 0.821 bits per heavy atom. The Bertz CT molecular complexity index is 1350. The maximum atomic E-state index is 13.7. The Labute approximate surface area is 228 Å². The van der Waals surface area contributed by atoms with Crippen molar-refractivity contribution in [3.8, 4) is 11.5 Å². The van der Waals surface area contributed by atoms with E-state index in [4.69, 9.17) is 9.47 Å². The van der Waals surface area contributed by atoms with E-state index in [-0.39, 0.29) is 43.7 Å². The third-order valence-corrected chi connectivity index (χ3v) is 6.29. The van der Waals surface area contributed by atoms with Gasteiger partial charge in [0.1, 0.15) is 23.4 Å². The predicted octanol–water partition coefficient (Wildman–Crippen LogP) is 5.17. The Kier molecular flexibility index (Phi) is 9.67. The summed E-state index contributed by atoms with van der Waals surface area (Å²) in [7, 11) is 1.58. The first-order valence-electron chi connectivity index (χ1n) is 12.7. The van der Waals surface area contributed by atoms with Gasteiger partial charge >= 0.3 is 0 Å². The summed E-state index contributed by atoms with van der Waals surface area (Å²) < 4.78 is 24.8. The van der Waals surface area contributed by atoms with Crippen molar-refractivity contribution in [1.82, 2.24) is 10.2 Å². The monoisotopic (exact) mass is 526 g/mol. The summed E-state index contributed by atoms with van der Waals surface area (Å²) in [5.41, 5.74) is 2.41. The van der Waals surface area contributed by atoms with Gasteiger partial charge < -0.3 is 19.7 Å². The van der Waals surface area contributed by atoms with Crippen molar-refractivity contribution < 1.29 is 23.5 Å². The molecule has 0 bridgehead atoms. The molecular formula is C32H31FN2O4. The highest BCUT2D eigenvalue weighted by molar-refractivity contribution is 5.88. The van der Waals surface area contributed by atoms with Gasteiger partial charge in [-0.3, -0.25) is 9.59 Å². The number of hydrogen-bond donors (Lipinski definition) is 1. The Hall–Kier alpha value is -4.65. The third kappa shape index (κ3) is 7.92. The molecule has 4 aromatic rings. The van der Waals surface area contributed by atoms with Crippen LogP contribution in [0.4, 0.5) is 4.39 Å². The average Bonchev–Trinajstić information content (AvgIpc) is 2.98. The molecule has 0 aliphatic heterocycles. The number of halogens is 1. The number of methoxy groups -OCH3 is 1. The fourth-order valence-corrected chi connectivity index (χ4v) is 4.23. The van der Waals surface area contributed by atoms with E-state index in [1.807, 2.05) is 72.8 Å². The van der Waals surface area contributed by atoms with E-state index in [0.717, 1.165) is 11.1 Å². The summed E-state index contributed by atoms with van der Waals surface area (Å²) in [5, 5.41) is 2.98. The van der Waals surface area contributed by atoms with Crippen LogP contribution < -0.4 is 14.8 Å². The first kappa shape index (κ1) is 27.4. The van der Waals surface area contributed by atoms with E-state index in [1.165, 1.54) is 17.0 Å². The molecule has 0 saturated heterocycles. The van der Waals surface area contributed by atoms with Crippen molar-refractivity contribution >= 4 is 11.8 Å². The number of amides is 2. The number of benzene rings is 4. The van der Waals surface area contributed by atoms with E-state index in [0.29, 0.717) is 17.1 Å². The van der Waals surface area contributed by atoms with Crippen LogP contribution in [-0.4, -0.2) is 36.5 Å². The highest BCUT2D eigenvalue weighted by Crippen LogP contribution is 2.19. The van der Waals surface area contributed by atoms with Crippen molar-refractivity contribution in [2.45, 2.75) is 25.6 Å². The fourth-order valence-electron chi connectivity index (χ4n) is 4.23. The first-order chi connectivity index (χ1) is 19.0. The number of ether oxygens (including phenoxy) is 2. The van der Waals surface area contributed by atoms with Crippen molar-refractivity contribution in [3.63, 3.8) is 0 Å². The minimum Gasteiger partial charge on any atom is -0.496 e. The molecule has 1 unspecified atom stereocenters. The number of nitrogens with one attached hydrogen (secondary N) is 1. The molecule has 2 amide bonds. The van der Waals surface area contributed by atoms with E-state index < -0.39 is 6.04 Å². The van der Waals surface area contributed by atoms with Gasteiger partial charge in [-0.05, 0) is 41.5 Å². The van der Waals surface area contributed by atoms with Crippen LogP contribution in [0.2, 0.25) is 0 Å². The second-order valence-corrected chi connectivity index (χ2v) is 8.99. The van der Waals surface area contributed by atoms with Crippen LogP contribution in [-0.2, 0) is 29.1 Å². The topological polar surface area (TPSA) is 67.9 Å². The van der Waals surface area contributed by atoms with Crippen LogP contribution in [0.15, 0.2) is 109 Å². The molecule has 6 nitrogen and oxygen atoms in total. The molecule has 1 atom stereocenters. The zero-order valence-corrected chi connectivity index (χ0v) is 21.8. The minimum absolute atomic E-state index is 0.108. The summed E-state index contributed by atoms with van der Waals surface area (Å²) in [6.45, 7) is 0.0837. The SMILES string of the molecule is COc1ccccc1CNC(=O)C(Cc1ccccc1)N(Cc1ccc(F)cc1)C(=O)COc1ccccc1. The number of hydrogen-bond acceptors (Lipinski definition) is 4. The van der Waals surface area contributed by atoms with Gasteiger partial charge in [-0.2, -0.15) is 0 Å². The average molecular weight is 527 g/mol. The number of carbonyl (C=O) groups is 2. The second-order valence-electron chi connectivity index (χ2n) is 8.99. The molecule has 7 heteroatoms. The van der Waals surface area contributed by atoms with Gasteiger partial charge in [-0.1, -0.05) is 78.9 Å². The summed E-state index contributed by atoms with van der Waals surface area (Å²) in [6, 6.07) is 31.0. The fraction of sp³-hybridized carbons (Fsp3) is 0.188. The lowest BCUT2D eigenvalue weighted by atomic mass is 10.0. The van der Waals surface area contributed by atoms with Crippen LogP contribution >= 0.6 is 0 Å². The van der Waals surface area contributed by atoms with E-state index in [9.17, 15) is 14.0 Å². The zero-order chi connectivity index (χ0) is 27.5. The molecule has 0 aliphatic carbocycles. The lowest BCUT2D eigenvalue weighted by molar-refractivity contribution is -0.142. The number of para-hydroxylation sites is 2. The van der Waals surface area contributed by atoms with Gasteiger partial charge in [0.05, 0.1) is 7.11 Å². The number of carbonyl (C=O) groups excluding carboxylic acids is 2. The summed E-state index contributed by atoms with van der Waals surface area (Å²) in [4.78, 5) is 28.9. The molecule has 0 fully saturated rings. The largest absolute Gasteiger partial charge is 0.496 e. The molecule has 200 valence electrons. The highest BCUT2D eigenvalue weighted by atomic mass is 19.1. The van der Waals surface area contributed by atoms with E-state index in [2.05, 4.69) is 5.32 Å². The van der Waals surface area contributed by atoms with Gasteiger partial charge in [0, 0.05) is 25.1 Å². The molecule has 0 heterocycles. The Morgan fingerprint density at radius 2 is 1.46 bits per heavy atom. The van der Waals surface area contributed by atoms with Gasteiger partial charge in [0.2, 0.25) is 5.91 Å². The van der Waals surface area contributed by atoms with Crippen LogP contribution in [0, 0.1) is 5.82 Å². The van der Waals surface area contributed by atoms with Gasteiger partial charge in [-0.15, -0.1) is 0 Å². The van der Waals surface area contributed by atoms with Gasteiger partial charge in [0.15, 0.2) is 6.61 Å². The zero-order valence-electron chi connectivity index (χ0n) is 21.8. The normalized spacial score (nSPS) is 11.3. The molecular weight excluding hydrogens is 495 g/mol. The van der Waals surface area contributed by atoms with Gasteiger partial charge in [-0.25, -0.2) is 4.39 Å². The lowest BCUT2D eigenvalue weighted by Crippen LogP contribution is -2.51. The van der Waals surface area contributed by atoms with Crippen molar-refractivity contribution in [1.29, 1.82) is 0 Å². The first-order valence-corrected chi connectivity index (χ1v) is 12.7. The quantitative estimate of drug-likeness (QED) is 0.277. The van der Waals surface area contributed by atoms with Crippen LogP contribution in [0.1, 0.15) is 16.7 Å². The molecule has 4 rings (SSSR count). The van der Waals surface area contributed by atoms with E-state index >= 15 is 0 Å². The molecule has 0 saturated carbocycles. The molecule has 1 N–H and O–H groups in total. The molecule has 4 aromatic carbocycles. The molecule has 0 aromatic heterocycles. The van der Waals surface area contributed by atoms with Crippen molar-refractivity contribution in [2.75, 3.05) is 13.7 Å². The highest BCUT2D eigenvalue weighted by Gasteiger charge is 2.31. The van der Waals surface area contributed by atoms with Gasteiger partial charge in [0.25, 0.3) is 5.91 Å². The van der Waals surface area contributed by atoms with Crippen molar-refractivity contribution in [3.05, 3.63) is 132 Å². The van der Waals surface area contributed by atoms with Crippen LogP contribution in [0.5, 0.6) is 11.5 Å². The Balaban J connectivity index is 1.61.